The molecule has 0 radical (unpaired) electrons. The second-order valence-electron chi connectivity index (χ2n) is 6.54. The molecule has 28 heavy (non-hydrogen) atoms. The van der Waals surface area contributed by atoms with Crippen LogP contribution in [0.1, 0.15) is 12.5 Å². The Morgan fingerprint density at radius 2 is 1.57 bits per heavy atom. The highest BCUT2D eigenvalue weighted by molar-refractivity contribution is 6.26. The van der Waals surface area contributed by atoms with E-state index in [0.717, 1.165) is 12.0 Å². The number of carbonyl (C=O) groups is 2. The second-order valence-corrected chi connectivity index (χ2v) is 6.54. The molecule has 2 unspecified atom stereocenters. The monoisotopic (exact) mass is 380 g/mol. The van der Waals surface area contributed by atoms with E-state index in [1.807, 2.05) is 19.1 Å². The molecule has 0 spiro atoms. The summed E-state index contributed by atoms with van der Waals surface area (Å²) in [6.07, 6.45) is 0.882. The number of methoxy groups -OCH3 is 2. The standard InChI is InChI=1S/C20H20N4O4/c1-4-12-5-7-13(8-6-12)23-19(25)17-18(20(23)26)24(22-21-17)14-9-15(27-2)11-16(10-14)28-3/h5-11,17-18H,4H2,1-3H3. The van der Waals surface area contributed by atoms with Gasteiger partial charge in [-0.15, -0.1) is 0 Å². The van der Waals surface area contributed by atoms with Crippen LogP contribution >= 0.6 is 0 Å². The lowest BCUT2D eigenvalue weighted by Crippen LogP contribution is -2.39. The minimum absolute atomic E-state index is 0.356. The lowest BCUT2D eigenvalue weighted by Gasteiger charge is -2.21. The molecule has 2 aromatic carbocycles. The highest BCUT2D eigenvalue weighted by Gasteiger charge is 2.55. The number of nitrogens with zero attached hydrogens (tertiary/aromatic N) is 4. The molecular weight excluding hydrogens is 360 g/mol. The van der Waals surface area contributed by atoms with Crippen molar-refractivity contribution in [2.45, 2.75) is 25.4 Å². The first kappa shape index (κ1) is 18.0. The van der Waals surface area contributed by atoms with Gasteiger partial charge in [0.25, 0.3) is 11.8 Å². The zero-order chi connectivity index (χ0) is 19.8. The first-order valence-electron chi connectivity index (χ1n) is 8.97. The first-order valence-corrected chi connectivity index (χ1v) is 8.97. The fourth-order valence-corrected chi connectivity index (χ4v) is 3.43. The summed E-state index contributed by atoms with van der Waals surface area (Å²) in [6, 6.07) is 10.9. The average Bonchev–Trinajstić information content (AvgIpc) is 3.28. The highest BCUT2D eigenvalue weighted by Crippen LogP contribution is 2.37. The number of fused-ring (bicyclic) bond motifs is 1. The van der Waals surface area contributed by atoms with Crippen molar-refractivity contribution in [3.8, 4) is 11.5 Å². The molecule has 0 aromatic heterocycles. The molecule has 2 aromatic rings. The fraction of sp³-hybridized carbons (Fsp3) is 0.300. The largest absolute Gasteiger partial charge is 0.497 e. The topological polar surface area (TPSA) is 83.8 Å². The van der Waals surface area contributed by atoms with Crippen molar-refractivity contribution in [1.29, 1.82) is 0 Å². The Morgan fingerprint density at radius 1 is 0.929 bits per heavy atom. The van der Waals surface area contributed by atoms with Crippen molar-refractivity contribution in [1.82, 2.24) is 0 Å². The van der Waals surface area contributed by atoms with Gasteiger partial charge in [0.2, 0.25) is 0 Å². The van der Waals surface area contributed by atoms with Crippen LogP contribution in [0.4, 0.5) is 11.4 Å². The lowest BCUT2D eigenvalue weighted by atomic mass is 10.1. The lowest BCUT2D eigenvalue weighted by molar-refractivity contribution is -0.121. The SMILES string of the molecule is CCc1ccc(N2C(=O)C3N=NN(c4cc(OC)cc(OC)c4)C3C2=O)cc1. The summed E-state index contributed by atoms with van der Waals surface area (Å²) in [4.78, 5) is 27.2. The first-order chi connectivity index (χ1) is 13.6. The summed E-state index contributed by atoms with van der Waals surface area (Å²) >= 11 is 0. The number of benzene rings is 2. The van der Waals surface area contributed by atoms with Crippen LogP contribution in [-0.2, 0) is 16.0 Å². The molecule has 1 saturated heterocycles. The Hall–Kier alpha value is -3.42. The molecule has 4 rings (SSSR count). The summed E-state index contributed by atoms with van der Waals surface area (Å²) in [5.41, 5.74) is 2.24. The molecule has 2 atom stereocenters. The quantitative estimate of drug-likeness (QED) is 0.745. The minimum atomic E-state index is -0.865. The molecule has 8 nitrogen and oxygen atoms in total. The highest BCUT2D eigenvalue weighted by atomic mass is 16.5. The summed E-state index contributed by atoms with van der Waals surface area (Å²) in [6.45, 7) is 2.05. The number of hydrogen-bond acceptors (Lipinski definition) is 7. The Kier molecular flexibility index (Phi) is 4.46. The van der Waals surface area contributed by atoms with Crippen LogP contribution in [0.15, 0.2) is 52.8 Å². The Balaban J connectivity index is 1.68. The number of rotatable bonds is 5. The number of aryl methyl sites for hydroxylation is 1. The fourth-order valence-electron chi connectivity index (χ4n) is 3.43. The van der Waals surface area contributed by atoms with Crippen LogP contribution in [0, 0.1) is 0 Å². The van der Waals surface area contributed by atoms with E-state index < -0.39 is 12.1 Å². The normalized spacial score (nSPS) is 20.7. The molecule has 2 heterocycles. The van der Waals surface area contributed by atoms with Gasteiger partial charge in [-0.1, -0.05) is 24.3 Å². The molecular formula is C20H20N4O4. The van der Waals surface area contributed by atoms with Crippen molar-refractivity contribution in [2.24, 2.45) is 10.3 Å². The van der Waals surface area contributed by atoms with Gasteiger partial charge in [-0.25, -0.2) is 9.91 Å². The Labute approximate surface area is 162 Å². The number of anilines is 2. The van der Waals surface area contributed by atoms with E-state index in [9.17, 15) is 9.59 Å². The molecule has 2 amide bonds. The summed E-state index contributed by atoms with van der Waals surface area (Å²) in [5, 5.41) is 9.60. The van der Waals surface area contributed by atoms with Crippen molar-refractivity contribution in [2.75, 3.05) is 24.1 Å². The van der Waals surface area contributed by atoms with Crippen LogP contribution in [0.3, 0.4) is 0 Å². The van der Waals surface area contributed by atoms with Gasteiger partial charge < -0.3 is 9.47 Å². The predicted molar refractivity (Wildman–Crippen MR) is 103 cm³/mol. The van der Waals surface area contributed by atoms with E-state index >= 15 is 0 Å². The van der Waals surface area contributed by atoms with Crippen molar-refractivity contribution >= 4 is 23.2 Å². The van der Waals surface area contributed by atoms with Crippen LogP contribution in [-0.4, -0.2) is 38.1 Å². The number of imide groups is 1. The maximum absolute atomic E-state index is 13.1. The molecule has 2 aliphatic rings. The number of carbonyl (C=O) groups excluding carboxylic acids is 2. The van der Waals surface area contributed by atoms with Crippen LogP contribution < -0.4 is 19.4 Å². The van der Waals surface area contributed by atoms with Crippen molar-refractivity contribution in [3.05, 3.63) is 48.0 Å². The number of ether oxygens (including phenoxy) is 2. The maximum atomic E-state index is 13.1. The molecule has 144 valence electrons. The molecule has 0 bridgehead atoms. The van der Waals surface area contributed by atoms with E-state index in [2.05, 4.69) is 10.3 Å². The Morgan fingerprint density at radius 3 is 2.14 bits per heavy atom. The maximum Gasteiger partial charge on any atom is 0.263 e. The summed E-state index contributed by atoms with van der Waals surface area (Å²) in [5.74, 6) is 0.375. The van der Waals surface area contributed by atoms with Gasteiger partial charge in [0.05, 0.1) is 25.6 Å². The molecule has 2 aliphatic heterocycles. The van der Waals surface area contributed by atoms with Gasteiger partial charge >= 0.3 is 0 Å². The van der Waals surface area contributed by atoms with Crippen LogP contribution in [0.5, 0.6) is 11.5 Å². The Bertz CT molecular complexity index is 935. The molecule has 1 fully saturated rings. The van der Waals surface area contributed by atoms with E-state index in [1.165, 1.54) is 9.91 Å². The van der Waals surface area contributed by atoms with Gasteiger partial charge in [0.15, 0.2) is 12.1 Å². The van der Waals surface area contributed by atoms with Gasteiger partial charge in [-0.2, -0.15) is 5.11 Å². The summed E-state index contributed by atoms with van der Waals surface area (Å²) in [7, 11) is 3.08. The van der Waals surface area contributed by atoms with Gasteiger partial charge in [-0.05, 0) is 24.1 Å². The van der Waals surface area contributed by atoms with Crippen LogP contribution in [0.2, 0.25) is 0 Å². The van der Waals surface area contributed by atoms with E-state index in [-0.39, 0.29) is 11.8 Å². The van der Waals surface area contributed by atoms with E-state index in [4.69, 9.17) is 9.47 Å². The predicted octanol–water partition coefficient (Wildman–Crippen LogP) is 2.76. The zero-order valence-electron chi connectivity index (χ0n) is 15.8. The van der Waals surface area contributed by atoms with Gasteiger partial charge in [0, 0.05) is 18.2 Å². The zero-order valence-corrected chi connectivity index (χ0v) is 15.8. The van der Waals surface area contributed by atoms with Gasteiger partial charge in [-0.3, -0.25) is 9.59 Å². The molecule has 8 heteroatoms. The third-order valence-corrected chi connectivity index (χ3v) is 4.99. The summed E-state index contributed by atoms with van der Waals surface area (Å²) < 4.78 is 10.6. The van der Waals surface area contributed by atoms with Crippen LogP contribution in [0.25, 0.3) is 0 Å². The molecule has 0 N–H and O–H groups in total. The van der Waals surface area contributed by atoms with Crippen molar-refractivity contribution in [3.63, 3.8) is 0 Å². The third-order valence-electron chi connectivity index (χ3n) is 4.99. The smallest absolute Gasteiger partial charge is 0.263 e. The number of amides is 2. The molecule has 0 aliphatic carbocycles. The minimum Gasteiger partial charge on any atom is -0.497 e. The van der Waals surface area contributed by atoms with E-state index in [1.54, 1.807) is 44.6 Å². The third kappa shape index (κ3) is 2.77. The number of hydrogen-bond donors (Lipinski definition) is 0. The van der Waals surface area contributed by atoms with Crippen molar-refractivity contribution < 1.29 is 19.1 Å². The average molecular weight is 380 g/mol. The second kappa shape index (κ2) is 6.95. The molecule has 0 saturated carbocycles. The van der Waals surface area contributed by atoms with Gasteiger partial charge in [0.1, 0.15) is 11.5 Å². The van der Waals surface area contributed by atoms with E-state index in [0.29, 0.717) is 22.9 Å².